The van der Waals surface area contributed by atoms with Gasteiger partial charge in [-0.3, -0.25) is 4.68 Å². The molecule has 0 saturated heterocycles. The van der Waals surface area contributed by atoms with Crippen LogP contribution in [0.3, 0.4) is 0 Å². The Morgan fingerprint density at radius 3 is 2.88 bits per heavy atom. The van der Waals surface area contributed by atoms with E-state index in [9.17, 15) is 4.39 Å². The first-order valence-corrected chi connectivity index (χ1v) is 7.75. The minimum Gasteiger partial charge on any atom is -0.380 e. The average Bonchev–Trinajstić information content (AvgIpc) is 2.98. The SMILES string of the molecule is CCNC(=NCc1ccc(F)c(COC)c1)NCc1ncnn1C. The summed E-state index contributed by atoms with van der Waals surface area (Å²) in [6, 6.07) is 4.94. The van der Waals surface area contributed by atoms with E-state index in [0.717, 1.165) is 17.9 Å². The monoisotopic (exact) mass is 334 g/mol. The number of nitrogens with zero attached hydrogens (tertiary/aromatic N) is 4. The van der Waals surface area contributed by atoms with Gasteiger partial charge in [0.2, 0.25) is 0 Å². The van der Waals surface area contributed by atoms with Crippen LogP contribution in [-0.4, -0.2) is 34.4 Å². The molecule has 1 heterocycles. The van der Waals surface area contributed by atoms with Gasteiger partial charge in [0.1, 0.15) is 18.0 Å². The molecule has 0 amide bonds. The number of rotatable bonds is 7. The van der Waals surface area contributed by atoms with Gasteiger partial charge in [-0.2, -0.15) is 5.10 Å². The lowest BCUT2D eigenvalue weighted by molar-refractivity contribution is 0.181. The van der Waals surface area contributed by atoms with Crippen molar-refractivity contribution in [2.45, 2.75) is 26.6 Å². The zero-order chi connectivity index (χ0) is 17.4. The Labute approximate surface area is 141 Å². The minimum absolute atomic E-state index is 0.244. The number of methoxy groups -OCH3 is 1. The molecular formula is C16H23FN6O. The number of aromatic nitrogens is 3. The van der Waals surface area contributed by atoms with Gasteiger partial charge in [-0.15, -0.1) is 0 Å². The van der Waals surface area contributed by atoms with Crippen LogP contribution in [-0.2, 0) is 31.5 Å². The molecule has 7 nitrogen and oxygen atoms in total. The fourth-order valence-electron chi connectivity index (χ4n) is 2.15. The van der Waals surface area contributed by atoms with Crippen LogP contribution in [0.5, 0.6) is 0 Å². The summed E-state index contributed by atoms with van der Waals surface area (Å²) in [6.45, 7) is 3.93. The summed E-state index contributed by atoms with van der Waals surface area (Å²) >= 11 is 0. The molecule has 1 aromatic heterocycles. The Bertz CT molecular complexity index is 685. The zero-order valence-corrected chi connectivity index (χ0v) is 14.2. The second-order valence-corrected chi connectivity index (χ2v) is 5.21. The van der Waals surface area contributed by atoms with Crippen LogP contribution in [0, 0.1) is 5.82 Å². The van der Waals surface area contributed by atoms with Crippen LogP contribution in [0.2, 0.25) is 0 Å². The molecule has 0 unspecified atom stereocenters. The highest BCUT2D eigenvalue weighted by atomic mass is 19.1. The van der Waals surface area contributed by atoms with E-state index in [1.165, 1.54) is 12.4 Å². The molecule has 0 aliphatic rings. The lowest BCUT2D eigenvalue weighted by Gasteiger charge is -2.11. The smallest absolute Gasteiger partial charge is 0.191 e. The second kappa shape index (κ2) is 8.97. The Morgan fingerprint density at radius 2 is 2.21 bits per heavy atom. The van der Waals surface area contributed by atoms with Gasteiger partial charge >= 0.3 is 0 Å². The quantitative estimate of drug-likeness (QED) is 0.590. The predicted octanol–water partition coefficient (Wildman–Crippen LogP) is 1.36. The van der Waals surface area contributed by atoms with Crippen molar-refractivity contribution in [2.75, 3.05) is 13.7 Å². The molecule has 2 rings (SSSR count). The first-order valence-electron chi connectivity index (χ1n) is 7.75. The van der Waals surface area contributed by atoms with Crippen molar-refractivity contribution in [1.29, 1.82) is 0 Å². The number of halogens is 1. The van der Waals surface area contributed by atoms with E-state index in [2.05, 4.69) is 25.7 Å². The van der Waals surface area contributed by atoms with Crippen LogP contribution in [0.1, 0.15) is 23.9 Å². The van der Waals surface area contributed by atoms with Gasteiger partial charge in [0.15, 0.2) is 5.96 Å². The Balaban J connectivity index is 2.02. The standard InChI is InChI=1S/C16H23FN6O/c1-4-18-16(20-9-15-21-11-22-23(15)2)19-8-12-5-6-14(17)13(7-12)10-24-3/h5-7,11H,4,8-10H2,1-3H3,(H2,18,19,20). The first kappa shape index (κ1) is 17.9. The molecule has 0 aliphatic heterocycles. The van der Waals surface area contributed by atoms with Crippen LogP contribution in [0.15, 0.2) is 29.5 Å². The van der Waals surface area contributed by atoms with Crippen molar-refractivity contribution >= 4 is 5.96 Å². The van der Waals surface area contributed by atoms with Gasteiger partial charge in [-0.25, -0.2) is 14.4 Å². The lowest BCUT2D eigenvalue weighted by atomic mass is 10.1. The van der Waals surface area contributed by atoms with Crippen molar-refractivity contribution in [1.82, 2.24) is 25.4 Å². The molecule has 0 bridgehead atoms. The van der Waals surface area contributed by atoms with Gasteiger partial charge in [0.05, 0.1) is 19.7 Å². The van der Waals surface area contributed by atoms with Gasteiger partial charge in [0, 0.05) is 26.3 Å². The van der Waals surface area contributed by atoms with E-state index in [1.807, 2.05) is 14.0 Å². The second-order valence-electron chi connectivity index (χ2n) is 5.21. The third-order valence-electron chi connectivity index (χ3n) is 3.39. The maximum atomic E-state index is 13.6. The molecule has 0 atom stereocenters. The first-order chi connectivity index (χ1) is 11.6. The van der Waals surface area contributed by atoms with Crippen molar-refractivity contribution in [3.05, 3.63) is 47.3 Å². The summed E-state index contributed by atoms with van der Waals surface area (Å²) in [4.78, 5) is 8.68. The highest BCUT2D eigenvalue weighted by Gasteiger charge is 2.05. The van der Waals surface area contributed by atoms with Crippen LogP contribution in [0.4, 0.5) is 4.39 Å². The average molecular weight is 334 g/mol. The van der Waals surface area contributed by atoms with E-state index < -0.39 is 0 Å². The third kappa shape index (κ3) is 5.02. The highest BCUT2D eigenvalue weighted by molar-refractivity contribution is 5.79. The number of hydrogen-bond acceptors (Lipinski definition) is 4. The van der Waals surface area contributed by atoms with Crippen LogP contribution >= 0.6 is 0 Å². The summed E-state index contributed by atoms with van der Waals surface area (Å²) < 4.78 is 20.3. The number of ether oxygens (including phenoxy) is 1. The van der Waals surface area contributed by atoms with Gasteiger partial charge in [-0.1, -0.05) is 6.07 Å². The number of nitrogens with one attached hydrogen (secondary N) is 2. The summed E-state index contributed by atoms with van der Waals surface area (Å²) in [6.07, 6.45) is 1.51. The number of aliphatic imine (C=N–C) groups is 1. The molecular weight excluding hydrogens is 311 g/mol. The van der Waals surface area contributed by atoms with E-state index in [1.54, 1.807) is 23.9 Å². The van der Waals surface area contributed by atoms with E-state index in [-0.39, 0.29) is 12.4 Å². The number of guanidine groups is 1. The predicted molar refractivity (Wildman–Crippen MR) is 89.8 cm³/mol. The van der Waals surface area contributed by atoms with Crippen molar-refractivity contribution in [3.63, 3.8) is 0 Å². The molecule has 130 valence electrons. The molecule has 0 aliphatic carbocycles. The number of benzene rings is 1. The normalized spacial score (nSPS) is 11.6. The maximum absolute atomic E-state index is 13.6. The molecule has 0 fully saturated rings. The van der Waals surface area contributed by atoms with E-state index in [0.29, 0.717) is 24.6 Å². The van der Waals surface area contributed by atoms with Gasteiger partial charge < -0.3 is 15.4 Å². The highest BCUT2D eigenvalue weighted by Crippen LogP contribution is 2.12. The van der Waals surface area contributed by atoms with Crippen molar-refractivity contribution in [3.8, 4) is 0 Å². The lowest BCUT2D eigenvalue weighted by Crippen LogP contribution is -2.37. The fourth-order valence-corrected chi connectivity index (χ4v) is 2.15. The van der Waals surface area contributed by atoms with E-state index >= 15 is 0 Å². The van der Waals surface area contributed by atoms with Gasteiger partial charge in [0.25, 0.3) is 0 Å². The summed E-state index contributed by atoms with van der Waals surface area (Å²) in [5, 5.41) is 10.4. The summed E-state index contributed by atoms with van der Waals surface area (Å²) in [7, 11) is 3.38. The van der Waals surface area contributed by atoms with Crippen LogP contribution in [0.25, 0.3) is 0 Å². The van der Waals surface area contributed by atoms with Crippen LogP contribution < -0.4 is 10.6 Å². The third-order valence-corrected chi connectivity index (χ3v) is 3.39. The van der Waals surface area contributed by atoms with Crippen molar-refractivity contribution < 1.29 is 9.13 Å². The summed E-state index contributed by atoms with van der Waals surface area (Å²) in [5.41, 5.74) is 1.45. The summed E-state index contributed by atoms with van der Waals surface area (Å²) in [5.74, 6) is 1.21. The maximum Gasteiger partial charge on any atom is 0.191 e. The molecule has 2 N–H and O–H groups in total. The largest absolute Gasteiger partial charge is 0.380 e. The number of hydrogen-bond donors (Lipinski definition) is 2. The molecule has 0 spiro atoms. The molecule has 2 aromatic rings. The molecule has 1 aromatic carbocycles. The minimum atomic E-state index is -0.267. The topological polar surface area (TPSA) is 76.4 Å². The Kier molecular flexibility index (Phi) is 6.68. The van der Waals surface area contributed by atoms with Crippen molar-refractivity contribution in [2.24, 2.45) is 12.0 Å². The Hall–Kier alpha value is -2.48. The Morgan fingerprint density at radius 1 is 1.38 bits per heavy atom. The van der Waals surface area contributed by atoms with Gasteiger partial charge in [-0.05, 0) is 24.6 Å². The van der Waals surface area contributed by atoms with E-state index in [4.69, 9.17) is 4.74 Å². The molecule has 8 heteroatoms. The molecule has 0 radical (unpaired) electrons. The molecule has 0 saturated carbocycles. The fraction of sp³-hybridized carbons (Fsp3) is 0.438. The zero-order valence-electron chi connectivity index (χ0n) is 14.2. The molecule has 24 heavy (non-hydrogen) atoms. The number of aryl methyl sites for hydroxylation is 1.